The van der Waals surface area contributed by atoms with E-state index in [1.807, 2.05) is 0 Å². The van der Waals surface area contributed by atoms with Crippen molar-refractivity contribution in [2.45, 2.75) is 0 Å². The Kier molecular flexibility index (Phi) is 5.27. The maximum Gasteiger partial charge on any atom is 0.338 e. The molecule has 3 nitrogen and oxygen atoms in total. The van der Waals surface area contributed by atoms with Crippen molar-refractivity contribution in [2.75, 3.05) is 6.61 Å². The number of rotatable bonds is 3. The molecule has 0 saturated heterocycles. The number of ether oxygens (including phenoxy) is 1. The Bertz CT molecular complexity index is 459. The third kappa shape index (κ3) is 4.19. The molecule has 84 valence electrons. The number of nitrogens with zero attached hydrogens (tertiary/aromatic N) is 1. The van der Waals surface area contributed by atoms with Gasteiger partial charge in [0.15, 0.2) is 0 Å². The number of benzene rings is 1. The molecule has 1 aromatic rings. The molecule has 0 aliphatic heterocycles. The van der Waals surface area contributed by atoms with Crippen molar-refractivity contribution in [1.29, 1.82) is 0 Å². The zero-order chi connectivity index (χ0) is 12.0. The second kappa shape index (κ2) is 6.49. The summed E-state index contributed by atoms with van der Waals surface area (Å²) in [5.74, 6) is 0.515. The first kappa shape index (κ1) is 13.0. The van der Waals surface area contributed by atoms with Crippen LogP contribution < -0.4 is 4.74 Å². The average molecular weight is 279 g/mol. The summed E-state index contributed by atoms with van der Waals surface area (Å²) in [7, 11) is 0. The molecule has 1 rings (SSSR count). The summed E-state index contributed by atoms with van der Waals surface area (Å²) in [6, 6.07) is 6.97. The lowest BCUT2D eigenvalue weighted by Gasteiger charge is -2.03. The van der Waals surface area contributed by atoms with E-state index in [-0.39, 0.29) is 11.1 Å². The van der Waals surface area contributed by atoms with E-state index < -0.39 is 0 Å². The standard InChI is InChI=1S/C10H6Cl3NO2/c11-9-2-1-8(5-7(9)6-14-15)16-4-3-10(12)13/h1-3,5H,4H2. The fraction of sp³-hybridized carbons (Fsp3) is 0.100. The van der Waals surface area contributed by atoms with Gasteiger partial charge in [0.05, 0.1) is 5.02 Å². The number of hydrogen-bond acceptors (Lipinski definition) is 2. The molecule has 0 aliphatic carbocycles. The number of halogens is 3. The number of hydrogen-bond donors (Lipinski definition) is 0. The summed E-state index contributed by atoms with van der Waals surface area (Å²) < 4.78 is 5.40. The van der Waals surface area contributed by atoms with Gasteiger partial charge in [0.1, 0.15) is 22.4 Å². The lowest BCUT2D eigenvalue weighted by Crippen LogP contribution is -1.94. The summed E-state index contributed by atoms with van der Waals surface area (Å²) in [5.41, 5.74) is 0.370. The maximum absolute atomic E-state index is 10.0. The van der Waals surface area contributed by atoms with Crippen LogP contribution in [0.5, 0.6) is 5.75 Å². The quantitative estimate of drug-likeness (QED) is 0.776. The van der Waals surface area contributed by atoms with Gasteiger partial charge < -0.3 is 9.94 Å². The van der Waals surface area contributed by atoms with Crippen molar-refractivity contribution in [3.63, 3.8) is 0 Å². The van der Waals surface area contributed by atoms with E-state index in [2.05, 4.69) is 11.1 Å². The summed E-state index contributed by atoms with van der Waals surface area (Å²) in [4.78, 5) is 0. The Morgan fingerprint density at radius 1 is 1.50 bits per heavy atom. The molecule has 0 fully saturated rings. The Hall–Kier alpha value is -1.08. The van der Waals surface area contributed by atoms with Crippen LogP contribution in [0, 0.1) is 11.3 Å². The predicted molar refractivity (Wildman–Crippen MR) is 66.5 cm³/mol. The van der Waals surface area contributed by atoms with Crippen molar-refractivity contribution in [2.24, 2.45) is 0 Å². The van der Waals surface area contributed by atoms with E-state index in [1.165, 1.54) is 6.08 Å². The largest absolute Gasteiger partial charge is 0.498 e. The summed E-state index contributed by atoms with van der Waals surface area (Å²) in [6.07, 6.45) is 1.49. The van der Waals surface area contributed by atoms with E-state index in [0.717, 1.165) is 0 Å². The van der Waals surface area contributed by atoms with Crippen LogP contribution >= 0.6 is 34.8 Å². The predicted octanol–water partition coefficient (Wildman–Crippen LogP) is 4.22. The lowest BCUT2D eigenvalue weighted by molar-refractivity contribution is 0.363. The van der Waals surface area contributed by atoms with Crippen LogP contribution in [0.25, 0.3) is 5.01 Å². The molecule has 0 unspecified atom stereocenters. The van der Waals surface area contributed by atoms with Crippen molar-refractivity contribution in [3.05, 3.63) is 49.6 Å². The highest BCUT2D eigenvalue weighted by Gasteiger charge is 2.04. The normalized spacial score (nSPS) is 8.94. The van der Waals surface area contributed by atoms with Crippen LogP contribution in [0.15, 0.2) is 28.8 Å². The minimum Gasteiger partial charge on any atom is -0.498 e. The molecule has 16 heavy (non-hydrogen) atoms. The molecule has 0 bridgehead atoms. The molecule has 0 atom stereocenters. The Morgan fingerprint density at radius 2 is 2.25 bits per heavy atom. The van der Waals surface area contributed by atoms with Gasteiger partial charge in [-0.05, 0) is 18.2 Å². The highest BCUT2D eigenvalue weighted by molar-refractivity contribution is 6.55. The van der Waals surface area contributed by atoms with Gasteiger partial charge in [0, 0.05) is 11.1 Å². The first-order valence-corrected chi connectivity index (χ1v) is 5.28. The fourth-order valence-electron chi connectivity index (χ4n) is 0.930. The van der Waals surface area contributed by atoms with E-state index in [9.17, 15) is 5.21 Å². The van der Waals surface area contributed by atoms with Gasteiger partial charge in [0.25, 0.3) is 0 Å². The lowest BCUT2D eigenvalue weighted by atomic mass is 10.2. The highest BCUT2D eigenvalue weighted by Crippen LogP contribution is 2.21. The summed E-state index contributed by atoms with van der Waals surface area (Å²) in [5, 5.41) is 12.9. The van der Waals surface area contributed by atoms with Crippen LogP contribution in [0.4, 0.5) is 0 Å². The van der Waals surface area contributed by atoms with Crippen molar-refractivity contribution >= 4 is 34.8 Å². The van der Waals surface area contributed by atoms with Gasteiger partial charge in [-0.15, -0.1) is 0 Å². The Balaban J connectivity index is 2.77. The molecule has 0 aromatic heterocycles. The van der Waals surface area contributed by atoms with E-state index >= 15 is 0 Å². The van der Waals surface area contributed by atoms with Crippen LogP contribution in [0.1, 0.15) is 5.56 Å². The van der Waals surface area contributed by atoms with Gasteiger partial charge >= 0.3 is 6.07 Å². The third-order valence-electron chi connectivity index (χ3n) is 1.59. The maximum atomic E-state index is 10.0. The van der Waals surface area contributed by atoms with Crippen molar-refractivity contribution in [1.82, 2.24) is 0 Å². The minimum absolute atomic E-state index is 0.127. The van der Waals surface area contributed by atoms with Crippen LogP contribution in [-0.4, -0.2) is 6.61 Å². The van der Waals surface area contributed by atoms with Crippen LogP contribution in [-0.2, 0) is 0 Å². The minimum atomic E-state index is 0.127. The second-order valence-corrected chi connectivity index (χ2v) is 4.06. The molecule has 0 aliphatic rings. The molecule has 1 aromatic carbocycles. The first-order valence-electron chi connectivity index (χ1n) is 4.15. The molecule has 0 spiro atoms. The van der Waals surface area contributed by atoms with Crippen molar-refractivity contribution in [3.8, 4) is 11.8 Å². The summed E-state index contributed by atoms with van der Waals surface area (Å²) in [6.45, 7) is 0.220. The topological polar surface area (TPSA) is 36.6 Å². The Morgan fingerprint density at radius 3 is 2.88 bits per heavy atom. The second-order valence-electron chi connectivity index (χ2n) is 2.65. The van der Waals surface area contributed by atoms with Crippen LogP contribution in [0.2, 0.25) is 5.02 Å². The molecule has 0 N–H and O–H groups in total. The third-order valence-corrected chi connectivity index (χ3v) is 2.23. The van der Waals surface area contributed by atoms with Crippen molar-refractivity contribution < 1.29 is 4.74 Å². The van der Waals surface area contributed by atoms with Gasteiger partial charge in [-0.2, -0.15) is 0 Å². The van der Waals surface area contributed by atoms with Gasteiger partial charge in [0.2, 0.25) is 0 Å². The highest BCUT2D eigenvalue weighted by atomic mass is 35.5. The van der Waals surface area contributed by atoms with Gasteiger partial charge in [-0.1, -0.05) is 34.8 Å². The monoisotopic (exact) mass is 277 g/mol. The molecule has 6 heteroatoms. The Labute approximate surface area is 108 Å². The summed E-state index contributed by atoms with van der Waals surface area (Å²) >= 11 is 16.6. The first-order chi connectivity index (χ1) is 7.63. The zero-order valence-corrected chi connectivity index (χ0v) is 10.2. The zero-order valence-electron chi connectivity index (χ0n) is 7.91. The molecular formula is C10H6Cl3NO2. The fourth-order valence-corrected chi connectivity index (χ4v) is 1.22. The van der Waals surface area contributed by atoms with Gasteiger partial charge in [-0.25, -0.2) is 0 Å². The van der Waals surface area contributed by atoms with E-state index in [0.29, 0.717) is 16.3 Å². The molecule has 0 saturated carbocycles. The van der Waals surface area contributed by atoms with E-state index in [4.69, 9.17) is 39.5 Å². The average Bonchev–Trinajstić information content (AvgIpc) is 2.22. The molecule has 0 radical (unpaired) electrons. The van der Waals surface area contributed by atoms with Crippen LogP contribution in [0.3, 0.4) is 0 Å². The molecule has 0 heterocycles. The van der Waals surface area contributed by atoms with Gasteiger partial charge in [-0.3, -0.25) is 0 Å². The molecule has 0 amide bonds. The SMILES string of the molecule is [O-][N+]#Cc1cc(OCC=C(Cl)Cl)ccc1Cl. The van der Waals surface area contributed by atoms with E-state index in [1.54, 1.807) is 18.2 Å². The molecular weight excluding hydrogens is 272 g/mol. The smallest absolute Gasteiger partial charge is 0.338 e.